The number of nitrogens with zero attached hydrogens (tertiary/aromatic N) is 5. The van der Waals surface area contributed by atoms with Crippen LogP contribution in [0.3, 0.4) is 0 Å². The lowest BCUT2D eigenvalue weighted by molar-refractivity contribution is 0.667. The Bertz CT molecular complexity index is 3180. The third kappa shape index (κ3) is 5.52. The van der Waals surface area contributed by atoms with Crippen LogP contribution in [0.25, 0.3) is 110 Å². The highest BCUT2D eigenvalue weighted by Crippen LogP contribution is 2.42. The third-order valence-corrected chi connectivity index (χ3v) is 11.4. The molecule has 11 rings (SSSR count). The first-order valence-corrected chi connectivity index (χ1v) is 19.2. The van der Waals surface area contributed by atoms with Crippen molar-refractivity contribution in [3.63, 3.8) is 0 Å². The van der Waals surface area contributed by atoms with Crippen LogP contribution in [0, 0.1) is 0 Å². The standard InChI is InChI=1S/C49H29N5OS/c1-4-13-32(14-5-1)46-50-42(44-43(51-46)38-19-10-11-22-40(38)55-44)31-25-23-30(24-26-31)35-27-28-36-37-20-12-21-39(45(37)56-41(36)29-35)49-53-47(33-15-6-2-7-16-33)52-48(54-49)34-17-8-3-9-18-34/h1-29H. The van der Waals surface area contributed by atoms with Gasteiger partial charge in [-0.1, -0.05) is 152 Å². The molecule has 0 amide bonds. The molecular formula is C49H29N5OS. The fraction of sp³-hybridized carbons (Fsp3) is 0. The molecule has 7 aromatic carbocycles. The molecule has 0 N–H and O–H groups in total. The van der Waals surface area contributed by atoms with Crippen molar-refractivity contribution in [1.82, 2.24) is 24.9 Å². The Labute approximate surface area is 325 Å². The quantitative estimate of drug-likeness (QED) is 0.169. The second-order valence-electron chi connectivity index (χ2n) is 13.6. The molecule has 7 heteroatoms. The highest BCUT2D eigenvalue weighted by Gasteiger charge is 2.19. The molecule has 4 aromatic heterocycles. The van der Waals surface area contributed by atoms with E-state index >= 15 is 0 Å². The molecule has 4 heterocycles. The van der Waals surface area contributed by atoms with Crippen molar-refractivity contribution in [3.05, 3.63) is 176 Å². The van der Waals surface area contributed by atoms with Crippen LogP contribution in [0.4, 0.5) is 0 Å². The summed E-state index contributed by atoms with van der Waals surface area (Å²) in [6.45, 7) is 0. The number of thiophene rings is 1. The van der Waals surface area contributed by atoms with Gasteiger partial charge >= 0.3 is 0 Å². The molecule has 0 unspecified atom stereocenters. The van der Waals surface area contributed by atoms with E-state index in [4.69, 9.17) is 29.3 Å². The van der Waals surface area contributed by atoms with Crippen molar-refractivity contribution in [2.75, 3.05) is 0 Å². The van der Waals surface area contributed by atoms with Gasteiger partial charge in [0.05, 0.1) is 0 Å². The van der Waals surface area contributed by atoms with Gasteiger partial charge in [-0.25, -0.2) is 24.9 Å². The van der Waals surface area contributed by atoms with Crippen molar-refractivity contribution < 1.29 is 4.42 Å². The largest absolute Gasteiger partial charge is 0.452 e. The smallest absolute Gasteiger partial charge is 0.180 e. The zero-order valence-electron chi connectivity index (χ0n) is 29.8. The molecule has 0 bridgehead atoms. The highest BCUT2D eigenvalue weighted by atomic mass is 32.1. The first-order chi connectivity index (χ1) is 27.7. The summed E-state index contributed by atoms with van der Waals surface area (Å²) in [6, 6.07) is 60.0. The summed E-state index contributed by atoms with van der Waals surface area (Å²) in [6.07, 6.45) is 0. The summed E-state index contributed by atoms with van der Waals surface area (Å²) >= 11 is 1.77. The van der Waals surface area contributed by atoms with Crippen molar-refractivity contribution in [3.8, 4) is 67.9 Å². The van der Waals surface area contributed by atoms with Gasteiger partial charge in [0.15, 0.2) is 28.9 Å². The SMILES string of the molecule is c1ccc(-c2nc(-c3ccccc3)nc(-c3cccc4c3sc3cc(-c5ccc(-c6nc(-c7ccccc7)nc7c6oc6ccccc67)cc5)ccc34)n2)cc1. The van der Waals surface area contributed by atoms with Gasteiger partial charge in [-0.2, -0.15) is 0 Å². The summed E-state index contributed by atoms with van der Waals surface area (Å²) < 4.78 is 8.73. The normalized spacial score (nSPS) is 11.6. The van der Waals surface area contributed by atoms with E-state index in [9.17, 15) is 0 Å². The van der Waals surface area contributed by atoms with E-state index in [1.165, 1.54) is 15.5 Å². The number of para-hydroxylation sites is 1. The lowest BCUT2D eigenvalue weighted by atomic mass is 10.0. The molecule has 11 aromatic rings. The third-order valence-electron chi connectivity index (χ3n) is 10.2. The van der Waals surface area contributed by atoms with Gasteiger partial charge in [0.25, 0.3) is 0 Å². The Morgan fingerprint density at radius 3 is 1.61 bits per heavy atom. The molecule has 0 aliphatic heterocycles. The zero-order chi connectivity index (χ0) is 37.0. The maximum Gasteiger partial charge on any atom is 0.180 e. The Hall–Kier alpha value is -7.35. The monoisotopic (exact) mass is 735 g/mol. The Morgan fingerprint density at radius 1 is 0.375 bits per heavy atom. The van der Waals surface area contributed by atoms with E-state index in [1.807, 2.05) is 109 Å². The first kappa shape index (κ1) is 32.1. The van der Waals surface area contributed by atoms with Crippen LogP contribution in [0.15, 0.2) is 180 Å². The molecular weight excluding hydrogens is 707 g/mol. The maximum atomic E-state index is 6.38. The van der Waals surface area contributed by atoms with Gasteiger partial charge in [-0.3, -0.25) is 0 Å². The Balaban J connectivity index is 0.996. The van der Waals surface area contributed by atoms with E-state index in [1.54, 1.807) is 11.3 Å². The topological polar surface area (TPSA) is 77.6 Å². The van der Waals surface area contributed by atoms with Crippen LogP contribution in [0.5, 0.6) is 0 Å². The van der Waals surface area contributed by atoms with Gasteiger partial charge in [-0.05, 0) is 35.4 Å². The molecule has 56 heavy (non-hydrogen) atoms. The first-order valence-electron chi connectivity index (χ1n) is 18.4. The molecule has 0 fully saturated rings. The van der Waals surface area contributed by atoms with Gasteiger partial charge in [0.2, 0.25) is 0 Å². The van der Waals surface area contributed by atoms with Crippen molar-refractivity contribution in [1.29, 1.82) is 0 Å². The van der Waals surface area contributed by atoms with Gasteiger partial charge in [0, 0.05) is 53.4 Å². The molecule has 0 aliphatic rings. The summed E-state index contributed by atoms with van der Waals surface area (Å²) in [4.78, 5) is 25.0. The molecule has 6 nitrogen and oxygen atoms in total. The average Bonchev–Trinajstić information content (AvgIpc) is 3.85. The van der Waals surface area contributed by atoms with Crippen LogP contribution in [0.2, 0.25) is 0 Å². The molecule has 262 valence electrons. The molecule has 0 saturated carbocycles. The zero-order valence-corrected chi connectivity index (χ0v) is 30.6. The van der Waals surface area contributed by atoms with E-state index in [0.717, 1.165) is 65.8 Å². The summed E-state index contributed by atoms with van der Waals surface area (Å²) in [7, 11) is 0. The Kier molecular flexibility index (Phi) is 7.57. The van der Waals surface area contributed by atoms with E-state index in [2.05, 4.69) is 66.7 Å². The number of benzene rings is 7. The van der Waals surface area contributed by atoms with Crippen LogP contribution in [0.1, 0.15) is 0 Å². The molecule has 0 spiro atoms. The van der Waals surface area contributed by atoms with E-state index in [0.29, 0.717) is 28.9 Å². The lowest BCUT2D eigenvalue weighted by Gasteiger charge is -2.09. The number of aromatic nitrogens is 5. The summed E-state index contributed by atoms with van der Waals surface area (Å²) in [5, 5.41) is 3.36. The Morgan fingerprint density at radius 2 is 0.929 bits per heavy atom. The van der Waals surface area contributed by atoms with Crippen molar-refractivity contribution in [2.24, 2.45) is 0 Å². The molecule has 0 aliphatic carbocycles. The average molecular weight is 736 g/mol. The van der Waals surface area contributed by atoms with Crippen molar-refractivity contribution in [2.45, 2.75) is 0 Å². The number of furan rings is 1. The number of hydrogen-bond donors (Lipinski definition) is 0. The summed E-state index contributed by atoms with van der Waals surface area (Å²) in [5.74, 6) is 2.63. The van der Waals surface area contributed by atoms with E-state index < -0.39 is 0 Å². The molecule has 0 atom stereocenters. The van der Waals surface area contributed by atoms with Gasteiger partial charge in [0.1, 0.15) is 16.8 Å². The van der Waals surface area contributed by atoms with Crippen LogP contribution in [-0.4, -0.2) is 24.9 Å². The fourth-order valence-corrected chi connectivity index (χ4v) is 8.66. The van der Waals surface area contributed by atoms with E-state index in [-0.39, 0.29) is 0 Å². The molecule has 0 radical (unpaired) electrons. The number of rotatable bonds is 6. The van der Waals surface area contributed by atoms with Crippen LogP contribution >= 0.6 is 11.3 Å². The maximum absolute atomic E-state index is 6.38. The van der Waals surface area contributed by atoms with Crippen molar-refractivity contribution >= 4 is 53.6 Å². The predicted octanol–water partition coefficient (Wildman–Crippen LogP) is 12.9. The minimum absolute atomic E-state index is 0.651. The van der Waals surface area contributed by atoms with Gasteiger partial charge in [-0.15, -0.1) is 11.3 Å². The van der Waals surface area contributed by atoms with Crippen LogP contribution in [-0.2, 0) is 0 Å². The number of fused-ring (bicyclic) bond motifs is 6. The molecule has 0 saturated heterocycles. The highest BCUT2D eigenvalue weighted by molar-refractivity contribution is 7.26. The summed E-state index contributed by atoms with van der Waals surface area (Å²) in [5.41, 5.74) is 10.1. The lowest BCUT2D eigenvalue weighted by Crippen LogP contribution is -2.00. The van der Waals surface area contributed by atoms with Crippen LogP contribution < -0.4 is 0 Å². The number of hydrogen-bond acceptors (Lipinski definition) is 7. The second-order valence-corrected chi connectivity index (χ2v) is 14.7. The fourth-order valence-electron chi connectivity index (χ4n) is 7.41. The minimum atomic E-state index is 0.651. The predicted molar refractivity (Wildman–Crippen MR) is 228 cm³/mol. The van der Waals surface area contributed by atoms with Gasteiger partial charge < -0.3 is 4.42 Å². The second kappa shape index (κ2) is 13.2. The minimum Gasteiger partial charge on any atom is -0.452 e.